The van der Waals surface area contributed by atoms with Crippen molar-refractivity contribution in [3.63, 3.8) is 0 Å². The molecule has 3 aromatic heterocycles. The molecule has 140 valence electrons. The number of aromatic nitrogens is 5. The Labute approximate surface area is 164 Å². The van der Waals surface area contributed by atoms with E-state index in [0.29, 0.717) is 23.2 Å². The molecule has 0 aliphatic carbocycles. The SMILES string of the molecule is COc1cc(OC)cc(-c2nnc3sc(-c4sc(C)nc4C(C)C)nn23)c1. The summed E-state index contributed by atoms with van der Waals surface area (Å²) in [6, 6.07) is 5.62. The fourth-order valence-electron chi connectivity index (χ4n) is 2.81. The van der Waals surface area contributed by atoms with Crippen molar-refractivity contribution in [1.82, 2.24) is 24.8 Å². The second kappa shape index (κ2) is 6.90. The van der Waals surface area contributed by atoms with E-state index in [2.05, 4.69) is 29.0 Å². The minimum atomic E-state index is 0.335. The third kappa shape index (κ3) is 3.17. The molecule has 0 bridgehead atoms. The average Bonchev–Trinajstić information content (AvgIpc) is 3.34. The highest BCUT2D eigenvalue weighted by atomic mass is 32.1. The van der Waals surface area contributed by atoms with Gasteiger partial charge in [0, 0.05) is 11.6 Å². The van der Waals surface area contributed by atoms with Crippen molar-refractivity contribution in [2.24, 2.45) is 0 Å². The number of hydrogen-bond acceptors (Lipinski definition) is 8. The molecule has 0 fully saturated rings. The maximum absolute atomic E-state index is 5.36. The quantitative estimate of drug-likeness (QED) is 0.493. The van der Waals surface area contributed by atoms with E-state index in [4.69, 9.17) is 14.6 Å². The molecular weight excluding hydrogens is 382 g/mol. The number of aryl methyl sites for hydroxylation is 1. The summed E-state index contributed by atoms with van der Waals surface area (Å²) in [6.45, 7) is 6.31. The Balaban J connectivity index is 1.85. The molecule has 0 atom stereocenters. The number of rotatable bonds is 5. The molecule has 27 heavy (non-hydrogen) atoms. The normalized spacial score (nSPS) is 11.5. The van der Waals surface area contributed by atoms with Gasteiger partial charge >= 0.3 is 0 Å². The van der Waals surface area contributed by atoms with E-state index in [1.165, 1.54) is 11.3 Å². The van der Waals surface area contributed by atoms with Gasteiger partial charge in [-0.25, -0.2) is 4.98 Å². The lowest BCUT2D eigenvalue weighted by Gasteiger charge is -2.06. The van der Waals surface area contributed by atoms with Crippen LogP contribution in [0.3, 0.4) is 0 Å². The second-order valence-electron chi connectivity index (χ2n) is 6.33. The first kappa shape index (κ1) is 17.9. The Bertz CT molecular complexity index is 1090. The Morgan fingerprint density at radius 3 is 2.33 bits per heavy atom. The minimum Gasteiger partial charge on any atom is -0.497 e. The van der Waals surface area contributed by atoms with E-state index in [-0.39, 0.29) is 0 Å². The number of hydrogen-bond donors (Lipinski definition) is 0. The number of methoxy groups -OCH3 is 2. The summed E-state index contributed by atoms with van der Waals surface area (Å²) >= 11 is 3.18. The zero-order valence-corrected chi connectivity index (χ0v) is 17.3. The maximum atomic E-state index is 5.36. The summed E-state index contributed by atoms with van der Waals surface area (Å²) < 4.78 is 12.5. The van der Waals surface area contributed by atoms with Gasteiger partial charge in [0.25, 0.3) is 0 Å². The van der Waals surface area contributed by atoms with Gasteiger partial charge in [-0.05, 0) is 25.0 Å². The topological polar surface area (TPSA) is 74.4 Å². The lowest BCUT2D eigenvalue weighted by Crippen LogP contribution is -1.94. The van der Waals surface area contributed by atoms with Crippen molar-refractivity contribution in [2.75, 3.05) is 14.2 Å². The average molecular weight is 402 g/mol. The number of benzene rings is 1. The minimum absolute atomic E-state index is 0.335. The molecule has 4 aromatic rings. The van der Waals surface area contributed by atoms with Gasteiger partial charge in [-0.2, -0.15) is 9.61 Å². The third-order valence-corrected chi connectivity index (χ3v) is 6.14. The molecular formula is C18H19N5O2S2. The molecule has 0 amide bonds. The molecule has 0 unspecified atom stereocenters. The van der Waals surface area contributed by atoms with Crippen molar-refractivity contribution >= 4 is 27.6 Å². The third-order valence-electron chi connectivity index (χ3n) is 4.10. The molecule has 0 radical (unpaired) electrons. The van der Waals surface area contributed by atoms with Crippen LogP contribution >= 0.6 is 22.7 Å². The molecule has 0 aliphatic rings. The van der Waals surface area contributed by atoms with Crippen LogP contribution in [0.4, 0.5) is 0 Å². The lowest BCUT2D eigenvalue weighted by molar-refractivity contribution is 0.394. The number of fused-ring (bicyclic) bond motifs is 1. The van der Waals surface area contributed by atoms with Gasteiger partial charge in [-0.3, -0.25) is 0 Å². The van der Waals surface area contributed by atoms with Gasteiger partial charge in [0.05, 0.1) is 29.8 Å². The van der Waals surface area contributed by atoms with Crippen molar-refractivity contribution in [3.05, 3.63) is 28.9 Å². The molecule has 1 aromatic carbocycles. The second-order valence-corrected chi connectivity index (χ2v) is 8.49. The van der Waals surface area contributed by atoms with Crippen LogP contribution in [0.1, 0.15) is 30.5 Å². The van der Waals surface area contributed by atoms with Crippen molar-refractivity contribution in [2.45, 2.75) is 26.7 Å². The first-order chi connectivity index (χ1) is 13.0. The van der Waals surface area contributed by atoms with Crippen LogP contribution in [-0.4, -0.2) is 39.0 Å². The molecule has 0 N–H and O–H groups in total. The smallest absolute Gasteiger partial charge is 0.235 e. The summed E-state index contributed by atoms with van der Waals surface area (Å²) in [6.07, 6.45) is 0. The summed E-state index contributed by atoms with van der Waals surface area (Å²) in [5.74, 6) is 2.37. The fraction of sp³-hybridized carbons (Fsp3) is 0.333. The first-order valence-electron chi connectivity index (χ1n) is 8.43. The van der Waals surface area contributed by atoms with E-state index >= 15 is 0 Å². The zero-order valence-electron chi connectivity index (χ0n) is 15.7. The first-order valence-corrected chi connectivity index (χ1v) is 10.1. The summed E-state index contributed by atoms with van der Waals surface area (Å²) in [5, 5.41) is 15.3. The van der Waals surface area contributed by atoms with Crippen molar-refractivity contribution in [3.8, 4) is 32.8 Å². The van der Waals surface area contributed by atoms with E-state index in [9.17, 15) is 0 Å². The Hall–Kier alpha value is -2.52. The summed E-state index contributed by atoms with van der Waals surface area (Å²) in [7, 11) is 3.25. The highest BCUT2D eigenvalue weighted by Crippen LogP contribution is 2.37. The number of nitrogens with zero attached hydrogens (tertiary/aromatic N) is 5. The van der Waals surface area contributed by atoms with Crippen LogP contribution in [0.5, 0.6) is 11.5 Å². The van der Waals surface area contributed by atoms with Crippen LogP contribution in [0, 0.1) is 6.92 Å². The zero-order chi connectivity index (χ0) is 19.1. The van der Waals surface area contributed by atoms with Crippen molar-refractivity contribution in [1.29, 1.82) is 0 Å². The standard InChI is InChI=1S/C18H19N5O2S2/c1-9(2)14-15(26-10(3)19-14)17-22-23-16(20-21-18(23)27-17)11-6-12(24-4)8-13(7-11)25-5/h6-9H,1-5H3. The summed E-state index contributed by atoms with van der Waals surface area (Å²) in [5.41, 5.74) is 1.91. The molecule has 0 aliphatic heterocycles. The van der Waals surface area contributed by atoms with E-state index in [1.54, 1.807) is 30.1 Å². The Morgan fingerprint density at radius 1 is 1.00 bits per heavy atom. The molecule has 0 saturated carbocycles. The van der Waals surface area contributed by atoms with Crippen LogP contribution in [0.25, 0.3) is 26.2 Å². The number of thiazole rings is 1. The van der Waals surface area contributed by atoms with Gasteiger partial charge in [-0.15, -0.1) is 21.5 Å². The van der Waals surface area contributed by atoms with Crippen LogP contribution in [-0.2, 0) is 0 Å². The van der Waals surface area contributed by atoms with Gasteiger partial charge in [0.2, 0.25) is 4.96 Å². The molecule has 7 nitrogen and oxygen atoms in total. The molecule has 4 rings (SSSR count). The van der Waals surface area contributed by atoms with E-state index in [1.807, 2.05) is 25.1 Å². The molecule has 0 spiro atoms. The Morgan fingerprint density at radius 2 is 1.70 bits per heavy atom. The molecule has 3 heterocycles. The van der Waals surface area contributed by atoms with E-state index < -0.39 is 0 Å². The van der Waals surface area contributed by atoms with Gasteiger partial charge in [0.15, 0.2) is 10.8 Å². The largest absolute Gasteiger partial charge is 0.497 e. The maximum Gasteiger partial charge on any atom is 0.235 e. The lowest BCUT2D eigenvalue weighted by atomic mass is 10.1. The monoisotopic (exact) mass is 401 g/mol. The van der Waals surface area contributed by atoms with Crippen molar-refractivity contribution < 1.29 is 9.47 Å². The van der Waals surface area contributed by atoms with Crippen LogP contribution < -0.4 is 9.47 Å². The van der Waals surface area contributed by atoms with Crippen LogP contribution in [0.2, 0.25) is 0 Å². The highest BCUT2D eigenvalue weighted by molar-refractivity contribution is 7.24. The molecule has 9 heteroatoms. The number of ether oxygens (including phenoxy) is 2. The fourth-order valence-corrected chi connectivity index (χ4v) is 4.80. The molecule has 0 saturated heterocycles. The van der Waals surface area contributed by atoms with E-state index in [0.717, 1.165) is 31.1 Å². The Kier molecular flexibility index (Phi) is 4.56. The van der Waals surface area contributed by atoms with Gasteiger partial charge in [-0.1, -0.05) is 25.2 Å². The van der Waals surface area contributed by atoms with Crippen LogP contribution in [0.15, 0.2) is 18.2 Å². The predicted octanol–water partition coefficient (Wildman–Crippen LogP) is 4.43. The summed E-state index contributed by atoms with van der Waals surface area (Å²) in [4.78, 5) is 6.52. The van der Waals surface area contributed by atoms with Gasteiger partial charge in [0.1, 0.15) is 11.5 Å². The highest BCUT2D eigenvalue weighted by Gasteiger charge is 2.21. The predicted molar refractivity (Wildman–Crippen MR) is 107 cm³/mol. The van der Waals surface area contributed by atoms with Gasteiger partial charge < -0.3 is 9.47 Å².